The number of carbonyl (C=O) groups is 2. The molecular formula is C20H24O3P2. The lowest BCUT2D eigenvalue weighted by Crippen LogP contribution is -2.02. The number of carbonyl (C=O) groups excluding carboxylic acids is 2. The summed E-state index contributed by atoms with van der Waals surface area (Å²) in [5.74, 6) is 0. The lowest BCUT2D eigenvalue weighted by atomic mass is 10.0. The van der Waals surface area contributed by atoms with Crippen LogP contribution in [0.2, 0.25) is 0 Å². The van der Waals surface area contributed by atoms with Crippen molar-refractivity contribution in [1.82, 2.24) is 0 Å². The lowest BCUT2D eigenvalue weighted by molar-refractivity contribution is 0.107. The van der Waals surface area contributed by atoms with Gasteiger partial charge in [-0.15, -0.1) is 0 Å². The van der Waals surface area contributed by atoms with Gasteiger partial charge in [-0.3, -0.25) is 9.59 Å². The topological polar surface area (TPSA) is 43.4 Å². The van der Waals surface area contributed by atoms with E-state index in [2.05, 4.69) is 0 Å². The van der Waals surface area contributed by atoms with Crippen LogP contribution in [-0.2, 0) is 4.31 Å². The second-order valence-electron chi connectivity index (χ2n) is 6.51. The van der Waals surface area contributed by atoms with Crippen molar-refractivity contribution >= 4 is 28.7 Å². The van der Waals surface area contributed by atoms with E-state index in [4.69, 9.17) is 4.31 Å². The normalized spacial score (nSPS) is 11.8. The summed E-state index contributed by atoms with van der Waals surface area (Å²) >= 11 is 0. The van der Waals surface area contributed by atoms with Crippen molar-refractivity contribution in [1.29, 1.82) is 0 Å². The molecule has 0 radical (unpaired) electrons. The third-order valence-electron chi connectivity index (χ3n) is 4.10. The molecule has 0 aliphatic rings. The minimum atomic E-state index is -0.345. The molecule has 2 atom stereocenters. The van der Waals surface area contributed by atoms with Gasteiger partial charge in [0.25, 0.3) is 0 Å². The summed E-state index contributed by atoms with van der Waals surface area (Å²) in [4.78, 5) is 24.9. The zero-order valence-electron chi connectivity index (χ0n) is 15.5. The molecular weight excluding hydrogens is 350 g/mol. The van der Waals surface area contributed by atoms with Crippen molar-refractivity contribution in [2.45, 2.75) is 41.5 Å². The molecule has 0 saturated carbocycles. The highest BCUT2D eigenvalue weighted by Crippen LogP contribution is 2.35. The Morgan fingerprint density at radius 1 is 0.640 bits per heavy atom. The van der Waals surface area contributed by atoms with E-state index in [-0.39, 0.29) is 28.7 Å². The molecule has 2 aromatic carbocycles. The third kappa shape index (κ3) is 4.82. The summed E-state index contributed by atoms with van der Waals surface area (Å²) < 4.78 is 5.50. The Morgan fingerprint density at radius 3 is 1.20 bits per heavy atom. The predicted octanol–water partition coefficient (Wildman–Crippen LogP) is 5.72. The zero-order chi connectivity index (χ0) is 18.7. The van der Waals surface area contributed by atoms with Crippen LogP contribution in [-0.4, -0.2) is 11.0 Å². The molecule has 5 heteroatoms. The summed E-state index contributed by atoms with van der Waals surface area (Å²) in [6.45, 7) is 11.8. The minimum Gasteiger partial charge on any atom is -0.328 e. The maximum atomic E-state index is 12.5. The van der Waals surface area contributed by atoms with Crippen molar-refractivity contribution in [3.8, 4) is 0 Å². The number of benzene rings is 2. The summed E-state index contributed by atoms with van der Waals surface area (Å²) in [5.41, 5.74) is 7.43. The van der Waals surface area contributed by atoms with E-state index in [0.29, 0.717) is 11.1 Å². The first-order chi connectivity index (χ1) is 11.7. The maximum Gasteiger partial charge on any atom is 0.209 e. The molecule has 2 unspecified atom stereocenters. The minimum absolute atomic E-state index is 0.0485. The Morgan fingerprint density at radius 2 is 0.920 bits per heavy atom. The van der Waals surface area contributed by atoms with Gasteiger partial charge in [0.05, 0.1) is 17.6 Å². The van der Waals surface area contributed by atoms with Gasteiger partial charge in [-0.05, 0) is 63.8 Å². The molecule has 25 heavy (non-hydrogen) atoms. The van der Waals surface area contributed by atoms with Gasteiger partial charge < -0.3 is 4.31 Å². The molecule has 0 aromatic heterocycles. The van der Waals surface area contributed by atoms with Crippen LogP contribution in [0.3, 0.4) is 0 Å². The highest BCUT2D eigenvalue weighted by molar-refractivity contribution is 7.66. The van der Waals surface area contributed by atoms with Crippen LogP contribution in [0.5, 0.6) is 0 Å². The quantitative estimate of drug-likeness (QED) is 0.607. The first-order valence-corrected chi connectivity index (χ1v) is 9.94. The van der Waals surface area contributed by atoms with Crippen molar-refractivity contribution in [2.75, 3.05) is 0 Å². The van der Waals surface area contributed by atoms with E-state index in [9.17, 15) is 9.59 Å². The average Bonchev–Trinajstić information content (AvgIpc) is 2.44. The molecule has 0 saturated heterocycles. The summed E-state index contributed by atoms with van der Waals surface area (Å²) in [7, 11) is -0.691. The molecule has 0 amide bonds. The van der Waals surface area contributed by atoms with Gasteiger partial charge in [0.15, 0.2) is 0 Å². The molecule has 0 fully saturated rings. The largest absolute Gasteiger partial charge is 0.328 e. The molecule has 0 bridgehead atoms. The Hall–Kier alpha value is -1.40. The van der Waals surface area contributed by atoms with Crippen LogP contribution >= 0.6 is 17.6 Å². The van der Waals surface area contributed by atoms with E-state index in [1.807, 2.05) is 65.8 Å². The van der Waals surface area contributed by atoms with Crippen molar-refractivity contribution in [3.05, 3.63) is 68.8 Å². The van der Waals surface area contributed by atoms with E-state index < -0.39 is 0 Å². The van der Waals surface area contributed by atoms with Gasteiger partial charge in [0.2, 0.25) is 11.0 Å². The van der Waals surface area contributed by atoms with Crippen LogP contribution in [0.4, 0.5) is 0 Å². The standard InChI is InChI=1S/C20H24O3P2/c1-11-7-13(3)17(14(4)8-11)19(21)24-23-25-20(22)18-15(5)9-12(2)10-16(18)6/h7-10,24-25H,1-6H3. The highest BCUT2D eigenvalue weighted by Gasteiger charge is 2.17. The molecule has 0 spiro atoms. The Balaban J connectivity index is 2.04. The lowest BCUT2D eigenvalue weighted by Gasteiger charge is -2.12. The fourth-order valence-electron chi connectivity index (χ4n) is 3.30. The van der Waals surface area contributed by atoms with Crippen LogP contribution < -0.4 is 0 Å². The van der Waals surface area contributed by atoms with E-state index in [1.165, 1.54) is 0 Å². The average molecular weight is 374 g/mol. The van der Waals surface area contributed by atoms with Gasteiger partial charge >= 0.3 is 0 Å². The van der Waals surface area contributed by atoms with Crippen LogP contribution in [0.25, 0.3) is 0 Å². The summed E-state index contributed by atoms with van der Waals surface area (Å²) in [6, 6.07) is 7.99. The van der Waals surface area contributed by atoms with Gasteiger partial charge in [0.1, 0.15) is 0 Å². The van der Waals surface area contributed by atoms with E-state index in [1.54, 1.807) is 0 Å². The molecule has 2 rings (SSSR count). The third-order valence-corrected chi connectivity index (χ3v) is 5.78. The summed E-state index contributed by atoms with van der Waals surface area (Å²) in [6.07, 6.45) is 0. The van der Waals surface area contributed by atoms with Crippen LogP contribution in [0, 0.1) is 41.5 Å². The van der Waals surface area contributed by atoms with Crippen molar-refractivity contribution < 1.29 is 13.9 Å². The number of rotatable bonds is 6. The first kappa shape index (κ1) is 19.9. The van der Waals surface area contributed by atoms with Gasteiger partial charge in [-0.1, -0.05) is 35.4 Å². The molecule has 0 heterocycles. The monoisotopic (exact) mass is 374 g/mol. The van der Waals surface area contributed by atoms with Gasteiger partial charge in [-0.25, -0.2) is 0 Å². The maximum absolute atomic E-state index is 12.5. The second-order valence-corrected chi connectivity index (χ2v) is 8.64. The molecule has 3 nitrogen and oxygen atoms in total. The number of hydrogen-bond donors (Lipinski definition) is 0. The Bertz CT molecular complexity index is 725. The van der Waals surface area contributed by atoms with Gasteiger partial charge in [-0.2, -0.15) is 0 Å². The fraction of sp³-hybridized carbons (Fsp3) is 0.300. The molecule has 0 aliphatic heterocycles. The van der Waals surface area contributed by atoms with Gasteiger partial charge in [0, 0.05) is 11.1 Å². The Labute approximate surface area is 153 Å². The van der Waals surface area contributed by atoms with E-state index >= 15 is 0 Å². The number of hydrogen-bond acceptors (Lipinski definition) is 3. The number of aryl methyl sites for hydroxylation is 6. The SMILES string of the molecule is Cc1cc(C)c(C(=O)POPC(=O)c2c(C)cc(C)cc2C)c(C)c1. The van der Waals surface area contributed by atoms with Crippen LogP contribution in [0.15, 0.2) is 24.3 Å². The highest BCUT2D eigenvalue weighted by atomic mass is 31.2. The van der Waals surface area contributed by atoms with Crippen molar-refractivity contribution in [3.63, 3.8) is 0 Å². The first-order valence-electron chi connectivity index (χ1n) is 8.13. The fourth-order valence-corrected chi connectivity index (χ4v) is 5.24. The molecule has 0 aliphatic carbocycles. The smallest absolute Gasteiger partial charge is 0.209 e. The molecule has 2 aromatic rings. The predicted molar refractivity (Wildman–Crippen MR) is 108 cm³/mol. The van der Waals surface area contributed by atoms with Crippen LogP contribution in [0.1, 0.15) is 54.1 Å². The molecule has 132 valence electrons. The molecule has 0 N–H and O–H groups in total. The Kier molecular flexibility index (Phi) is 6.63. The second kappa shape index (κ2) is 8.32. The van der Waals surface area contributed by atoms with E-state index in [0.717, 1.165) is 33.4 Å². The summed E-state index contributed by atoms with van der Waals surface area (Å²) in [5, 5.41) is 0. The zero-order valence-corrected chi connectivity index (χ0v) is 17.5. The van der Waals surface area contributed by atoms with Crippen molar-refractivity contribution in [2.24, 2.45) is 0 Å².